The Labute approximate surface area is 118 Å². The number of rotatable bonds is 4. The maximum Gasteiger partial charge on any atom is 0.498 e. The van der Waals surface area contributed by atoms with Gasteiger partial charge in [-0.1, -0.05) is 0 Å². The molecular formula is C12H20BN3O4. The standard InChI is InChI=1S/C12H20BN3O4/c1-11(2)12(3,4)20-13(19-11)9-7-15-16(8-9)6-5-14-10(17)18/h7-8,14H,5-6H2,1-4H3,(H,17,18). The zero-order valence-corrected chi connectivity index (χ0v) is 12.2. The Morgan fingerprint density at radius 3 is 2.55 bits per heavy atom. The second-order valence-corrected chi connectivity index (χ2v) is 5.86. The molecular weight excluding hydrogens is 261 g/mol. The molecule has 1 amide bonds. The van der Waals surface area contributed by atoms with Gasteiger partial charge in [0, 0.05) is 24.4 Å². The number of amides is 1. The van der Waals surface area contributed by atoms with Gasteiger partial charge in [0.25, 0.3) is 0 Å². The van der Waals surface area contributed by atoms with Gasteiger partial charge in [-0.25, -0.2) is 4.79 Å². The second kappa shape index (κ2) is 5.10. The molecule has 20 heavy (non-hydrogen) atoms. The van der Waals surface area contributed by atoms with E-state index in [1.165, 1.54) is 0 Å². The number of aromatic nitrogens is 2. The minimum Gasteiger partial charge on any atom is -0.465 e. The van der Waals surface area contributed by atoms with E-state index in [4.69, 9.17) is 14.4 Å². The van der Waals surface area contributed by atoms with Gasteiger partial charge < -0.3 is 19.7 Å². The molecule has 2 N–H and O–H groups in total. The fourth-order valence-corrected chi connectivity index (χ4v) is 1.88. The van der Waals surface area contributed by atoms with E-state index in [-0.39, 0.29) is 11.2 Å². The van der Waals surface area contributed by atoms with Crippen LogP contribution in [0.25, 0.3) is 0 Å². The van der Waals surface area contributed by atoms with E-state index >= 15 is 0 Å². The highest BCUT2D eigenvalue weighted by Crippen LogP contribution is 2.36. The van der Waals surface area contributed by atoms with Crippen molar-refractivity contribution >= 4 is 18.7 Å². The van der Waals surface area contributed by atoms with Crippen molar-refractivity contribution in [3.05, 3.63) is 12.4 Å². The lowest BCUT2D eigenvalue weighted by molar-refractivity contribution is 0.00578. The lowest BCUT2D eigenvalue weighted by Gasteiger charge is -2.32. The number of hydrogen-bond donors (Lipinski definition) is 2. The minimum absolute atomic E-state index is 0.305. The molecule has 2 heterocycles. The lowest BCUT2D eigenvalue weighted by atomic mass is 9.82. The summed E-state index contributed by atoms with van der Waals surface area (Å²) in [6.07, 6.45) is 2.46. The molecule has 1 aliphatic heterocycles. The Morgan fingerprint density at radius 1 is 1.40 bits per heavy atom. The van der Waals surface area contributed by atoms with E-state index in [9.17, 15) is 4.79 Å². The molecule has 0 aliphatic carbocycles. The van der Waals surface area contributed by atoms with Crippen molar-refractivity contribution in [1.82, 2.24) is 15.1 Å². The smallest absolute Gasteiger partial charge is 0.465 e. The quantitative estimate of drug-likeness (QED) is 0.783. The maximum absolute atomic E-state index is 10.4. The summed E-state index contributed by atoms with van der Waals surface area (Å²) in [5.74, 6) is 0. The third kappa shape index (κ3) is 2.96. The van der Waals surface area contributed by atoms with Gasteiger partial charge in [-0.05, 0) is 27.7 Å². The maximum atomic E-state index is 10.4. The van der Waals surface area contributed by atoms with Gasteiger partial charge in [0.1, 0.15) is 0 Å². The van der Waals surface area contributed by atoms with Crippen LogP contribution in [0, 0.1) is 0 Å². The van der Waals surface area contributed by atoms with Gasteiger partial charge in [-0.3, -0.25) is 4.68 Å². The van der Waals surface area contributed by atoms with Crippen LogP contribution in [0.4, 0.5) is 4.79 Å². The van der Waals surface area contributed by atoms with Crippen LogP contribution in [-0.4, -0.2) is 45.8 Å². The summed E-state index contributed by atoms with van der Waals surface area (Å²) in [7, 11) is -0.443. The molecule has 1 aromatic rings. The van der Waals surface area contributed by atoms with E-state index < -0.39 is 13.2 Å². The van der Waals surface area contributed by atoms with Crippen LogP contribution < -0.4 is 10.8 Å². The Balaban J connectivity index is 1.98. The summed E-state index contributed by atoms with van der Waals surface area (Å²) in [6, 6.07) is 0. The molecule has 1 fully saturated rings. The fraction of sp³-hybridized carbons (Fsp3) is 0.667. The first-order valence-electron chi connectivity index (χ1n) is 6.56. The molecule has 0 aromatic carbocycles. The van der Waals surface area contributed by atoms with Crippen molar-refractivity contribution in [3.63, 3.8) is 0 Å². The molecule has 1 saturated heterocycles. The first-order valence-corrected chi connectivity index (χ1v) is 6.56. The van der Waals surface area contributed by atoms with Crippen LogP contribution in [0.15, 0.2) is 12.4 Å². The van der Waals surface area contributed by atoms with E-state index in [1.807, 2.05) is 33.9 Å². The third-order valence-electron chi connectivity index (χ3n) is 3.80. The summed E-state index contributed by atoms with van der Waals surface area (Å²) in [4.78, 5) is 10.4. The molecule has 0 bridgehead atoms. The monoisotopic (exact) mass is 281 g/mol. The predicted molar refractivity (Wildman–Crippen MR) is 74.0 cm³/mol. The first-order chi connectivity index (χ1) is 9.21. The topological polar surface area (TPSA) is 85.6 Å². The van der Waals surface area contributed by atoms with Crippen LogP contribution in [0.2, 0.25) is 0 Å². The fourth-order valence-electron chi connectivity index (χ4n) is 1.88. The highest BCUT2D eigenvalue weighted by Gasteiger charge is 2.52. The Hall–Kier alpha value is -1.54. The van der Waals surface area contributed by atoms with E-state index in [0.717, 1.165) is 5.46 Å². The zero-order chi connectivity index (χ0) is 15.0. The summed E-state index contributed by atoms with van der Waals surface area (Å²) >= 11 is 0. The van der Waals surface area contributed by atoms with Crippen molar-refractivity contribution in [1.29, 1.82) is 0 Å². The first kappa shape index (κ1) is 14.9. The van der Waals surface area contributed by atoms with Crippen LogP contribution in [-0.2, 0) is 15.9 Å². The molecule has 0 saturated carbocycles. The van der Waals surface area contributed by atoms with Crippen molar-refractivity contribution in [2.75, 3.05) is 6.54 Å². The average Bonchev–Trinajstić information content (AvgIpc) is 2.82. The molecule has 0 radical (unpaired) electrons. The summed E-state index contributed by atoms with van der Waals surface area (Å²) in [5.41, 5.74) is 0.0638. The van der Waals surface area contributed by atoms with Crippen molar-refractivity contribution in [2.24, 2.45) is 0 Å². The number of nitrogens with zero attached hydrogens (tertiary/aromatic N) is 2. The Morgan fingerprint density at radius 2 is 2.00 bits per heavy atom. The Bertz CT molecular complexity index is 485. The Kier molecular flexibility index (Phi) is 3.79. The predicted octanol–water partition coefficient (Wildman–Crippen LogP) is 0.450. The number of carboxylic acid groups (broad SMARTS) is 1. The van der Waals surface area contributed by atoms with Gasteiger partial charge in [0.05, 0.1) is 17.7 Å². The van der Waals surface area contributed by atoms with Gasteiger partial charge in [-0.2, -0.15) is 5.10 Å². The largest absolute Gasteiger partial charge is 0.498 e. The van der Waals surface area contributed by atoms with Gasteiger partial charge in [0.2, 0.25) is 0 Å². The molecule has 0 spiro atoms. The molecule has 110 valence electrons. The lowest BCUT2D eigenvalue weighted by Crippen LogP contribution is -2.41. The third-order valence-corrected chi connectivity index (χ3v) is 3.80. The summed E-state index contributed by atoms with van der Waals surface area (Å²) < 4.78 is 13.5. The molecule has 1 aromatic heterocycles. The van der Waals surface area contributed by atoms with E-state index in [2.05, 4.69) is 10.4 Å². The summed E-state index contributed by atoms with van der Waals surface area (Å²) in [5, 5.41) is 15.0. The number of hydrogen-bond acceptors (Lipinski definition) is 4. The van der Waals surface area contributed by atoms with E-state index in [1.54, 1.807) is 10.9 Å². The average molecular weight is 281 g/mol. The van der Waals surface area contributed by atoms with Crippen molar-refractivity contribution in [2.45, 2.75) is 45.4 Å². The minimum atomic E-state index is -1.04. The van der Waals surface area contributed by atoms with Crippen LogP contribution in [0.5, 0.6) is 0 Å². The number of nitrogens with one attached hydrogen (secondary N) is 1. The summed E-state index contributed by atoms with van der Waals surface area (Å²) in [6.45, 7) is 8.75. The van der Waals surface area contributed by atoms with Crippen molar-refractivity contribution in [3.8, 4) is 0 Å². The second-order valence-electron chi connectivity index (χ2n) is 5.86. The molecule has 0 unspecified atom stereocenters. The van der Waals surface area contributed by atoms with Gasteiger partial charge in [0.15, 0.2) is 0 Å². The molecule has 0 atom stereocenters. The highest BCUT2D eigenvalue weighted by atomic mass is 16.7. The molecule has 2 rings (SSSR count). The SMILES string of the molecule is CC1(C)OB(c2cnn(CCNC(=O)O)c2)OC1(C)C. The normalized spacial score (nSPS) is 20.1. The molecule has 7 nitrogen and oxygen atoms in total. The molecule has 1 aliphatic rings. The van der Waals surface area contributed by atoms with E-state index in [0.29, 0.717) is 13.1 Å². The number of carbonyl (C=O) groups is 1. The molecule has 8 heteroatoms. The van der Waals surface area contributed by atoms with Crippen molar-refractivity contribution < 1.29 is 19.2 Å². The van der Waals surface area contributed by atoms with Crippen LogP contribution in [0.3, 0.4) is 0 Å². The van der Waals surface area contributed by atoms with Gasteiger partial charge in [-0.15, -0.1) is 0 Å². The van der Waals surface area contributed by atoms with Gasteiger partial charge >= 0.3 is 13.2 Å². The highest BCUT2D eigenvalue weighted by molar-refractivity contribution is 6.61. The van der Waals surface area contributed by atoms with Crippen LogP contribution in [0.1, 0.15) is 27.7 Å². The zero-order valence-electron chi connectivity index (χ0n) is 12.2. The van der Waals surface area contributed by atoms with Crippen LogP contribution >= 0.6 is 0 Å².